The average Bonchev–Trinajstić information content (AvgIpc) is 2.81. The van der Waals surface area contributed by atoms with Crippen molar-refractivity contribution in [1.82, 2.24) is 9.80 Å². The van der Waals surface area contributed by atoms with Crippen LogP contribution in [0.2, 0.25) is 0 Å². The van der Waals surface area contributed by atoms with Crippen molar-refractivity contribution in [2.75, 3.05) is 19.6 Å². The predicted octanol–water partition coefficient (Wildman–Crippen LogP) is 1.65. The van der Waals surface area contributed by atoms with Crippen molar-refractivity contribution in [2.45, 2.75) is 44.6 Å². The van der Waals surface area contributed by atoms with Gasteiger partial charge in [-0.1, -0.05) is 12.8 Å². The summed E-state index contributed by atoms with van der Waals surface area (Å²) in [6.45, 7) is 2.31. The first-order chi connectivity index (χ1) is 7.83. The number of carbonyl (C=O) groups excluding carboxylic acids is 2. The van der Waals surface area contributed by atoms with Gasteiger partial charge in [0, 0.05) is 32.1 Å². The number of hydrogen-bond donors (Lipinski definition) is 0. The molecule has 2 amide bonds. The van der Waals surface area contributed by atoms with E-state index in [1.165, 1.54) is 12.8 Å². The molecule has 0 atom stereocenters. The molecule has 0 unspecified atom stereocenters. The third-order valence-corrected chi connectivity index (χ3v) is 3.63. The molecular formula is C12H20N2O2. The van der Waals surface area contributed by atoms with Gasteiger partial charge in [0.2, 0.25) is 0 Å². The van der Waals surface area contributed by atoms with Crippen LogP contribution in [0.4, 0.5) is 4.79 Å². The van der Waals surface area contributed by atoms with Gasteiger partial charge in [-0.25, -0.2) is 4.79 Å². The molecule has 1 saturated carbocycles. The zero-order valence-electron chi connectivity index (χ0n) is 9.73. The van der Waals surface area contributed by atoms with Crippen LogP contribution in [0.1, 0.15) is 38.5 Å². The Morgan fingerprint density at radius 3 is 2.62 bits per heavy atom. The van der Waals surface area contributed by atoms with Gasteiger partial charge in [0.25, 0.3) is 0 Å². The molecule has 0 aromatic carbocycles. The van der Waals surface area contributed by atoms with Gasteiger partial charge in [0.15, 0.2) is 0 Å². The second kappa shape index (κ2) is 5.32. The van der Waals surface area contributed by atoms with Crippen LogP contribution in [0, 0.1) is 0 Å². The van der Waals surface area contributed by atoms with Crippen molar-refractivity contribution in [3.8, 4) is 0 Å². The minimum absolute atomic E-state index is 0.153. The van der Waals surface area contributed by atoms with E-state index in [2.05, 4.69) is 0 Å². The summed E-state index contributed by atoms with van der Waals surface area (Å²) >= 11 is 0. The standard InChI is InChI=1S/C12H20N2O2/c15-10-4-8-13-7-3-9-14(12(13)16)11-5-1-2-6-11/h10-11H,1-9H2. The Bertz CT molecular complexity index is 262. The highest BCUT2D eigenvalue weighted by Crippen LogP contribution is 2.26. The van der Waals surface area contributed by atoms with Gasteiger partial charge < -0.3 is 14.6 Å². The Kier molecular flexibility index (Phi) is 3.80. The zero-order valence-corrected chi connectivity index (χ0v) is 9.73. The smallest absolute Gasteiger partial charge is 0.320 e. The molecule has 1 aliphatic carbocycles. The number of amides is 2. The fourth-order valence-electron chi connectivity index (χ4n) is 2.78. The molecule has 0 radical (unpaired) electrons. The van der Waals surface area contributed by atoms with E-state index >= 15 is 0 Å². The first-order valence-corrected chi connectivity index (χ1v) is 6.32. The second-order valence-corrected chi connectivity index (χ2v) is 4.71. The van der Waals surface area contributed by atoms with Gasteiger partial charge in [-0.15, -0.1) is 0 Å². The maximum Gasteiger partial charge on any atom is 0.320 e. The lowest BCUT2D eigenvalue weighted by molar-refractivity contribution is -0.108. The number of carbonyl (C=O) groups is 2. The van der Waals surface area contributed by atoms with Gasteiger partial charge in [0.1, 0.15) is 6.29 Å². The lowest BCUT2D eigenvalue weighted by atomic mass is 10.1. The molecule has 2 rings (SSSR count). The van der Waals surface area contributed by atoms with Crippen molar-refractivity contribution < 1.29 is 9.59 Å². The fraction of sp³-hybridized carbons (Fsp3) is 0.833. The molecule has 0 N–H and O–H groups in total. The normalized spacial score (nSPS) is 22.9. The van der Waals surface area contributed by atoms with E-state index in [1.54, 1.807) is 0 Å². The quantitative estimate of drug-likeness (QED) is 0.681. The molecule has 0 spiro atoms. The SMILES string of the molecule is O=CCCN1CCCN(C2CCCC2)C1=O. The first-order valence-electron chi connectivity index (χ1n) is 6.32. The van der Waals surface area contributed by atoms with E-state index in [-0.39, 0.29) is 6.03 Å². The number of urea groups is 1. The lowest BCUT2D eigenvalue weighted by Crippen LogP contribution is -2.52. The van der Waals surface area contributed by atoms with E-state index in [1.807, 2.05) is 9.80 Å². The van der Waals surface area contributed by atoms with Crippen LogP contribution in [0.5, 0.6) is 0 Å². The highest BCUT2D eigenvalue weighted by atomic mass is 16.2. The minimum Gasteiger partial charge on any atom is -0.324 e. The molecule has 16 heavy (non-hydrogen) atoms. The summed E-state index contributed by atoms with van der Waals surface area (Å²) < 4.78 is 0. The topological polar surface area (TPSA) is 40.6 Å². The van der Waals surface area contributed by atoms with E-state index in [9.17, 15) is 9.59 Å². The van der Waals surface area contributed by atoms with Crippen molar-refractivity contribution in [1.29, 1.82) is 0 Å². The maximum atomic E-state index is 12.2. The molecule has 1 heterocycles. The molecule has 0 bridgehead atoms. The molecule has 1 aliphatic heterocycles. The molecule has 0 aromatic rings. The molecule has 1 saturated heterocycles. The molecule has 4 heteroatoms. The van der Waals surface area contributed by atoms with E-state index in [4.69, 9.17) is 0 Å². The molecular weight excluding hydrogens is 204 g/mol. The van der Waals surface area contributed by atoms with Crippen LogP contribution >= 0.6 is 0 Å². The van der Waals surface area contributed by atoms with E-state index in [0.29, 0.717) is 19.0 Å². The summed E-state index contributed by atoms with van der Waals surface area (Å²) in [6.07, 6.45) is 7.22. The number of rotatable bonds is 4. The summed E-state index contributed by atoms with van der Waals surface area (Å²) in [5.74, 6) is 0. The molecule has 90 valence electrons. The van der Waals surface area contributed by atoms with Gasteiger partial charge in [0.05, 0.1) is 0 Å². The van der Waals surface area contributed by atoms with Crippen LogP contribution in [0.25, 0.3) is 0 Å². The van der Waals surface area contributed by atoms with Crippen molar-refractivity contribution in [3.05, 3.63) is 0 Å². The first kappa shape index (κ1) is 11.4. The van der Waals surface area contributed by atoms with E-state index in [0.717, 1.165) is 38.6 Å². The third kappa shape index (κ3) is 2.36. The monoisotopic (exact) mass is 224 g/mol. The van der Waals surface area contributed by atoms with Gasteiger partial charge >= 0.3 is 6.03 Å². The average molecular weight is 224 g/mol. The summed E-state index contributed by atoms with van der Waals surface area (Å²) in [5, 5.41) is 0. The summed E-state index contributed by atoms with van der Waals surface area (Å²) in [4.78, 5) is 26.4. The fourth-order valence-corrected chi connectivity index (χ4v) is 2.78. The number of hydrogen-bond acceptors (Lipinski definition) is 2. The minimum atomic E-state index is 0.153. The van der Waals surface area contributed by atoms with Crippen LogP contribution in [-0.2, 0) is 4.79 Å². The largest absolute Gasteiger partial charge is 0.324 e. The highest BCUT2D eigenvalue weighted by Gasteiger charge is 2.32. The van der Waals surface area contributed by atoms with Crippen LogP contribution < -0.4 is 0 Å². The zero-order chi connectivity index (χ0) is 11.4. The molecule has 0 aromatic heterocycles. The van der Waals surface area contributed by atoms with Crippen molar-refractivity contribution in [3.63, 3.8) is 0 Å². The second-order valence-electron chi connectivity index (χ2n) is 4.71. The third-order valence-electron chi connectivity index (χ3n) is 3.63. The molecule has 4 nitrogen and oxygen atoms in total. The number of nitrogens with zero attached hydrogens (tertiary/aromatic N) is 2. The summed E-state index contributed by atoms with van der Waals surface area (Å²) in [6, 6.07) is 0.617. The summed E-state index contributed by atoms with van der Waals surface area (Å²) in [5.41, 5.74) is 0. The van der Waals surface area contributed by atoms with Gasteiger partial charge in [-0.3, -0.25) is 0 Å². The number of aldehydes is 1. The van der Waals surface area contributed by atoms with Gasteiger partial charge in [-0.05, 0) is 19.3 Å². The van der Waals surface area contributed by atoms with Crippen molar-refractivity contribution >= 4 is 12.3 Å². The van der Waals surface area contributed by atoms with E-state index < -0.39 is 0 Å². The van der Waals surface area contributed by atoms with Crippen LogP contribution in [-0.4, -0.2) is 47.8 Å². The lowest BCUT2D eigenvalue weighted by Gasteiger charge is -2.38. The Morgan fingerprint density at radius 2 is 1.94 bits per heavy atom. The molecule has 2 fully saturated rings. The van der Waals surface area contributed by atoms with Gasteiger partial charge in [-0.2, -0.15) is 0 Å². The Hall–Kier alpha value is -1.06. The predicted molar refractivity (Wildman–Crippen MR) is 61.2 cm³/mol. The summed E-state index contributed by atoms with van der Waals surface area (Å²) in [7, 11) is 0. The Balaban J connectivity index is 1.92. The molecule has 2 aliphatic rings. The highest BCUT2D eigenvalue weighted by molar-refractivity contribution is 5.76. The Morgan fingerprint density at radius 1 is 1.19 bits per heavy atom. The van der Waals surface area contributed by atoms with Crippen LogP contribution in [0.3, 0.4) is 0 Å². The van der Waals surface area contributed by atoms with Crippen molar-refractivity contribution in [2.24, 2.45) is 0 Å². The van der Waals surface area contributed by atoms with Crippen LogP contribution in [0.15, 0.2) is 0 Å². The Labute approximate surface area is 96.6 Å². The maximum absolute atomic E-state index is 12.2.